The van der Waals surface area contributed by atoms with Crippen LogP contribution in [0.5, 0.6) is 0 Å². The van der Waals surface area contributed by atoms with Crippen molar-refractivity contribution in [3.8, 4) is 6.07 Å². The van der Waals surface area contributed by atoms with Gasteiger partial charge in [-0.15, -0.1) is 0 Å². The summed E-state index contributed by atoms with van der Waals surface area (Å²) in [4.78, 5) is 24.8. The Morgan fingerprint density at radius 1 is 0.852 bits per heavy atom. The Morgan fingerprint density at radius 3 is 1.89 bits per heavy atom. The molecule has 2 amide bonds. The molecule has 5 nitrogen and oxygen atoms in total. The van der Waals surface area contributed by atoms with Crippen molar-refractivity contribution < 1.29 is 14.0 Å². The predicted octanol–water partition coefficient (Wildman–Crippen LogP) is 4.08. The summed E-state index contributed by atoms with van der Waals surface area (Å²) in [6.45, 7) is 0. The number of nitrogens with zero attached hydrogens (tertiary/aromatic N) is 1. The molecule has 0 aliphatic heterocycles. The SMILES string of the molecule is N#Cc1ccccc1NC(=O)C1CCC(C(=O)Nc2ccccc2F)CC1. The molecule has 1 fully saturated rings. The van der Waals surface area contributed by atoms with E-state index < -0.39 is 5.82 Å². The molecule has 138 valence electrons. The highest BCUT2D eigenvalue weighted by molar-refractivity contribution is 5.95. The van der Waals surface area contributed by atoms with Gasteiger partial charge in [-0.2, -0.15) is 5.26 Å². The quantitative estimate of drug-likeness (QED) is 0.856. The molecule has 0 bridgehead atoms. The maximum Gasteiger partial charge on any atom is 0.227 e. The van der Waals surface area contributed by atoms with Gasteiger partial charge in [0.05, 0.1) is 16.9 Å². The molecule has 0 atom stereocenters. The lowest BCUT2D eigenvalue weighted by Crippen LogP contribution is -2.32. The Hall–Kier alpha value is -3.20. The summed E-state index contributed by atoms with van der Waals surface area (Å²) in [6, 6.07) is 15.0. The Morgan fingerprint density at radius 2 is 1.33 bits per heavy atom. The molecule has 1 aliphatic rings. The van der Waals surface area contributed by atoms with E-state index in [0.29, 0.717) is 36.9 Å². The van der Waals surface area contributed by atoms with Gasteiger partial charge in [-0.25, -0.2) is 4.39 Å². The van der Waals surface area contributed by atoms with Gasteiger partial charge in [-0.05, 0) is 49.9 Å². The van der Waals surface area contributed by atoms with E-state index in [1.807, 2.05) is 0 Å². The number of para-hydroxylation sites is 2. The highest BCUT2D eigenvalue weighted by atomic mass is 19.1. The number of anilines is 2. The van der Waals surface area contributed by atoms with Crippen LogP contribution < -0.4 is 10.6 Å². The Labute approximate surface area is 157 Å². The highest BCUT2D eigenvalue weighted by Crippen LogP contribution is 2.31. The molecule has 2 aromatic carbocycles. The normalized spacial score (nSPS) is 19.0. The first kappa shape index (κ1) is 18.6. The Balaban J connectivity index is 1.54. The van der Waals surface area contributed by atoms with Crippen LogP contribution in [0.1, 0.15) is 31.2 Å². The van der Waals surface area contributed by atoms with Crippen molar-refractivity contribution in [2.75, 3.05) is 10.6 Å². The number of hydrogen-bond acceptors (Lipinski definition) is 3. The largest absolute Gasteiger partial charge is 0.325 e. The maximum absolute atomic E-state index is 13.7. The maximum atomic E-state index is 13.7. The van der Waals surface area contributed by atoms with Crippen molar-refractivity contribution >= 4 is 23.2 Å². The van der Waals surface area contributed by atoms with Crippen LogP contribution in [-0.2, 0) is 9.59 Å². The van der Waals surface area contributed by atoms with Gasteiger partial charge in [0, 0.05) is 11.8 Å². The minimum Gasteiger partial charge on any atom is -0.325 e. The van der Waals surface area contributed by atoms with Crippen molar-refractivity contribution in [1.82, 2.24) is 0 Å². The number of carbonyl (C=O) groups excluding carboxylic acids is 2. The molecule has 0 radical (unpaired) electrons. The molecule has 1 aliphatic carbocycles. The number of nitrogens with one attached hydrogen (secondary N) is 2. The third-order valence-corrected chi connectivity index (χ3v) is 4.91. The number of amides is 2. The predicted molar refractivity (Wildman–Crippen MR) is 100 cm³/mol. The molecule has 0 saturated heterocycles. The van der Waals surface area contributed by atoms with E-state index in [1.54, 1.807) is 36.4 Å². The number of nitriles is 1. The lowest BCUT2D eigenvalue weighted by atomic mass is 9.81. The van der Waals surface area contributed by atoms with Crippen LogP contribution in [0.3, 0.4) is 0 Å². The van der Waals surface area contributed by atoms with Crippen LogP contribution in [0.25, 0.3) is 0 Å². The second-order valence-corrected chi connectivity index (χ2v) is 6.66. The monoisotopic (exact) mass is 365 g/mol. The first-order chi connectivity index (χ1) is 13.1. The molecule has 27 heavy (non-hydrogen) atoms. The molecular weight excluding hydrogens is 345 g/mol. The van der Waals surface area contributed by atoms with Gasteiger partial charge in [-0.1, -0.05) is 24.3 Å². The van der Waals surface area contributed by atoms with Crippen molar-refractivity contribution in [2.45, 2.75) is 25.7 Å². The van der Waals surface area contributed by atoms with Gasteiger partial charge < -0.3 is 10.6 Å². The van der Waals surface area contributed by atoms with Gasteiger partial charge in [0.2, 0.25) is 11.8 Å². The summed E-state index contributed by atoms with van der Waals surface area (Å²) in [5, 5.41) is 14.5. The minimum atomic E-state index is -0.463. The summed E-state index contributed by atoms with van der Waals surface area (Å²) in [5.41, 5.74) is 1.10. The summed E-state index contributed by atoms with van der Waals surface area (Å²) >= 11 is 0. The summed E-state index contributed by atoms with van der Waals surface area (Å²) in [5.74, 6) is -1.25. The molecule has 1 saturated carbocycles. The second kappa shape index (κ2) is 8.45. The summed E-state index contributed by atoms with van der Waals surface area (Å²) < 4.78 is 13.7. The van der Waals surface area contributed by atoms with E-state index in [0.717, 1.165) is 0 Å². The number of hydrogen-bond donors (Lipinski definition) is 2. The van der Waals surface area contributed by atoms with Crippen LogP contribution >= 0.6 is 0 Å². The lowest BCUT2D eigenvalue weighted by Gasteiger charge is -2.27. The zero-order chi connectivity index (χ0) is 19.2. The third kappa shape index (κ3) is 4.50. The van der Waals surface area contributed by atoms with Gasteiger partial charge in [0.1, 0.15) is 11.9 Å². The zero-order valence-electron chi connectivity index (χ0n) is 14.7. The molecule has 0 unspecified atom stereocenters. The van der Waals surface area contributed by atoms with E-state index in [-0.39, 0.29) is 29.3 Å². The molecule has 0 aromatic heterocycles. The van der Waals surface area contributed by atoms with Gasteiger partial charge in [-0.3, -0.25) is 9.59 Å². The molecule has 6 heteroatoms. The number of carbonyl (C=O) groups is 2. The van der Waals surface area contributed by atoms with E-state index >= 15 is 0 Å². The Bertz CT molecular complexity index is 883. The topological polar surface area (TPSA) is 82.0 Å². The van der Waals surface area contributed by atoms with Gasteiger partial charge >= 0.3 is 0 Å². The Kier molecular flexibility index (Phi) is 5.82. The minimum absolute atomic E-state index is 0.134. The smallest absolute Gasteiger partial charge is 0.227 e. The molecular formula is C21H20FN3O2. The van der Waals surface area contributed by atoms with Gasteiger partial charge in [0.15, 0.2) is 0 Å². The van der Waals surface area contributed by atoms with Crippen LogP contribution in [0.2, 0.25) is 0 Å². The first-order valence-electron chi connectivity index (χ1n) is 8.94. The van der Waals surface area contributed by atoms with E-state index in [2.05, 4.69) is 16.7 Å². The van der Waals surface area contributed by atoms with Gasteiger partial charge in [0.25, 0.3) is 0 Å². The molecule has 0 heterocycles. The second-order valence-electron chi connectivity index (χ2n) is 6.66. The number of benzene rings is 2. The zero-order valence-corrected chi connectivity index (χ0v) is 14.7. The van der Waals surface area contributed by atoms with Crippen LogP contribution in [0, 0.1) is 29.0 Å². The molecule has 3 rings (SSSR count). The molecule has 0 spiro atoms. The first-order valence-corrected chi connectivity index (χ1v) is 8.94. The molecule has 2 N–H and O–H groups in total. The average Bonchev–Trinajstić information content (AvgIpc) is 2.70. The fourth-order valence-electron chi connectivity index (χ4n) is 3.34. The van der Waals surface area contributed by atoms with E-state index in [4.69, 9.17) is 5.26 Å². The third-order valence-electron chi connectivity index (χ3n) is 4.91. The molecule has 2 aromatic rings. The number of halogens is 1. The standard InChI is InChI=1S/C21H20FN3O2/c22-17-6-2-4-8-19(17)25-21(27)15-11-9-14(10-12-15)20(26)24-18-7-3-1-5-16(18)13-23/h1-8,14-15H,9-12H2,(H,24,26)(H,25,27). The number of rotatable bonds is 4. The lowest BCUT2D eigenvalue weighted by molar-refractivity contribution is -0.125. The van der Waals surface area contributed by atoms with Crippen LogP contribution in [-0.4, -0.2) is 11.8 Å². The summed E-state index contributed by atoms with van der Waals surface area (Å²) in [7, 11) is 0. The highest BCUT2D eigenvalue weighted by Gasteiger charge is 2.30. The fraction of sp³-hybridized carbons (Fsp3) is 0.286. The van der Waals surface area contributed by atoms with Crippen molar-refractivity contribution in [3.05, 3.63) is 59.9 Å². The van der Waals surface area contributed by atoms with Crippen LogP contribution in [0.15, 0.2) is 48.5 Å². The summed E-state index contributed by atoms with van der Waals surface area (Å²) in [6.07, 6.45) is 2.29. The van der Waals surface area contributed by atoms with Crippen molar-refractivity contribution in [1.29, 1.82) is 5.26 Å². The van der Waals surface area contributed by atoms with E-state index in [1.165, 1.54) is 12.1 Å². The fourth-order valence-corrected chi connectivity index (χ4v) is 3.34. The van der Waals surface area contributed by atoms with Crippen molar-refractivity contribution in [2.24, 2.45) is 11.8 Å². The van der Waals surface area contributed by atoms with Crippen LogP contribution in [0.4, 0.5) is 15.8 Å². The van der Waals surface area contributed by atoms with E-state index in [9.17, 15) is 14.0 Å². The van der Waals surface area contributed by atoms with Crippen molar-refractivity contribution in [3.63, 3.8) is 0 Å². The average molecular weight is 365 g/mol.